The van der Waals surface area contributed by atoms with Crippen molar-refractivity contribution >= 4 is 11.6 Å². The predicted octanol–water partition coefficient (Wildman–Crippen LogP) is 2.12. The van der Waals surface area contributed by atoms with E-state index < -0.39 is 0 Å². The minimum Gasteiger partial charge on any atom is -0.329 e. The summed E-state index contributed by atoms with van der Waals surface area (Å²) in [5.74, 6) is -0.263. The van der Waals surface area contributed by atoms with E-state index in [2.05, 4.69) is 16.7 Å². The lowest BCUT2D eigenvalue weighted by molar-refractivity contribution is 0.100. The largest absolute Gasteiger partial charge is 0.329 e. The van der Waals surface area contributed by atoms with Crippen LogP contribution in [0.2, 0.25) is 5.02 Å². The Morgan fingerprint density at radius 2 is 2.00 bits per heavy atom. The van der Waals surface area contributed by atoms with Crippen molar-refractivity contribution < 1.29 is 4.39 Å². The van der Waals surface area contributed by atoms with Crippen LogP contribution in [0.4, 0.5) is 4.39 Å². The lowest BCUT2D eigenvalue weighted by Gasteiger charge is -2.39. The number of hydrogen-bond acceptors (Lipinski definition) is 3. The van der Waals surface area contributed by atoms with E-state index in [0.29, 0.717) is 17.1 Å². The molecule has 5 heteroatoms. The number of likely N-dealkylation sites (N-methyl/N-ethyl adjacent to an activating group) is 1. The monoisotopic (exact) mass is 285 g/mol. The molecule has 0 amide bonds. The van der Waals surface area contributed by atoms with Crippen LogP contribution in [0.15, 0.2) is 18.2 Å². The molecule has 1 aliphatic rings. The average Bonchev–Trinajstić information content (AvgIpc) is 2.43. The molecule has 2 N–H and O–H groups in total. The van der Waals surface area contributed by atoms with Gasteiger partial charge in [0.25, 0.3) is 0 Å². The fourth-order valence-corrected chi connectivity index (χ4v) is 2.96. The fourth-order valence-electron chi connectivity index (χ4n) is 2.67. The van der Waals surface area contributed by atoms with Crippen molar-refractivity contribution in [2.24, 2.45) is 5.73 Å². The van der Waals surface area contributed by atoms with E-state index in [1.165, 1.54) is 6.07 Å². The zero-order valence-electron chi connectivity index (χ0n) is 11.3. The number of benzene rings is 1. The average molecular weight is 286 g/mol. The molecule has 0 aromatic heterocycles. The van der Waals surface area contributed by atoms with Crippen molar-refractivity contribution in [3.63, 3.8) is 0 Å². The van der Waals surface area contributed by atoms with E-state index in [9.17, 15) is 4.39 Å². The van der Waals surface area contributed by atoms with Crippen molar-refractivity contribution in [1.29, 1.82) is 0 Å². The molecule has 106 valence electrons. The third-order valence-corrected chi connectivity index (χ3v) is 4.18. The van der Waals surface area contributed by atoms with Crippen LogP contribution < -0.4 is 5.73 Å². The molecule has 0 spiro atoms. The van der Waals surface area contributed by atoms with Crippen LogP contribution in [-0.4, -0.2) is 49.1 Å². The van der Waals surface area contributed by atoms with Crippen LogP contribution in [0.5, 0.6) is 0 Å². The van der Waals surface area contributed by atoms with E-state index in [0.717, 1.165) is 32.7 Å². The first kappa shape index (κ1) is 14.7. The maximum atomic E-state index is 14.0. The van der Waals surface area contributed by atoms with Crippen LogP contribution in [0, 0.1) is 5.82 Å². The summed E-state index contributed by atoms with van der Waals surface area (Å²) in [6.45, 7) is 7.40. The van der Waals surface area contributed by atoms with E-state index >= 15 is 0 Å². The molecule has 2 rings (SSSR count). The molecule has 1 atom stereocenters. The van der Waals surface area contributed by atoms with Crippen LogP contribution >= 0.6 is 11.6 Å². The Kier molecular flexibility index (Phi) is 5.16. The number of piperazine rings is 1. The van der Waals surface area contributed by atoms with Crippen LogP contribution in [-0.2, 0) is 0 Å². The van der Waals surface area contributed by atoms with Gasteiger partial charge in [-0.2, -0.15) is 0 Å². The zero-order chi connectivity index (χ0) is 13.8. The fraction of sp³-hybridized carbons (Fsp3) is 0.571. The number of nitrogens with zero attached hydrogens (tertiary/aromatic N) is 2. The summed E-state index contributed by atoms with van der Waals surface area (Å²) < 4.78 is 14.0. The number of hydrogen-bond donors (Lipinski definition) is 1. The molecule has 1 unspecified atom stereocenters. The summed E-state index contributed by atoms with van der Waals surface area (Å²) in [4.78, 5) is 4.61. The van der Waals surface area contributed by atoms with Gasteiger partial charge in [0.15, 0.2) is 0 Å². The maximum Gasteiger partial charge on any atom is 0.129 e. The van der Waals surface area contributed by atoms with Crippen molar-refractivity contribution in [2.45, 2.75) is 13.0 Å². The Hall–Kier alpha value is -0.680. The Bertz CT molecular complexity index is 399. The first-order valence-corrected chi connectivity index (χ1v) is 7.15. The molecule has 0 radical (unpaired) electrons. The summed E-state index contributed by atoms with van der Waals surface area (Å²) >= 11 is 6.15. The highest BCUT2D eigenvalue weighted by Crippen LogP contribution is 2.30. The lowest BCUT2D eigenvalue weighted by atomic mass is 10.0. The van der Waals surface area contributed by atoms with Gasteiger partial charge in [-0.15, -0.1) is 0 Å². The highest BCUT2D eigenvalue weighted by molar-refractivity contribution is 6.31. The molecule has 0 bridgehead atoms. The van der Waals surface area contributed by atoms with E-state index in [-0.39, 0.29) is 11.9 Å². The molecule has 1 heterocycles. The van der Waals surface area contributed by atoms with Crippen molar-refractivity contribution in [3.8, 4) is 0 Å². The normalized spacial score (nSPS) is 19.6. The Balaban J connectivity index is 2.17. The van der Waals surface area contributed by atoms with Gasteiger partial charge >= 0.3 is 0 Å². The van der Waals surface area contributed by atoms with Gasteiger partial charge in [0.1, 0.15) is 5.82 Å². The van der Waals surface area contributed by atoms with Crippen molar-refractivity contribution in [2.75, 3.05) is 39.3 Å². The van der Waals surface area contributed by atoms with E-state index in [4.69, 9.17) is 17.3 Å². The number of nitrogens with two attached hydrogens (primary N) is 1. The Morgan fingerprint density at radius 1 is 1.32 bits per heavy atom. The molecule has 0 saturated carbocycles. The summed E-state index contributed by atoms with van der Waals surface area (Å²) in [5, 5.41) is 0.466. The van der Waals surface area contributed by atoms with Crippen LogP contribution in [0.25, 0.3) is 0 Å². The third-order valence-electron chi connectivity index (χ3n) is 3.85. The molecule has 1 aromatic carbocycles. The smallest absolute Gasteiger partial charge is 0.129 e. The molecular formula is C14H21ClFN3. The summed E-state index contributed by atoms with van der Waals surface area (Å²) in [7, 11) is 0. The molecule has 1 fully saturated rings. The first-order chi connectivity index (χ1) is 9.17. The molecule has 3 nitrogen and oxygen atoms in total. The molecule has 1 saturated heterocycles. The molecule has 1 aromatic rings. The number of halogens is 2. The number of rotatable bonds is 4. The van der Waals surface area contributed by atoms with Gasteiger partial charge in [0.05, 0.1) is 6.04 Å². The van der Waals surface area contributed by atoms with Crippen LogP contribution in [0.1, 0.15) is 18.5 Å². The van der Waals surface area contributed by atoms with Crippen molar-refractivity contribution in [1.82, 2.24) is 9.80 Å². The third kappa shape index (κ3) is 3.26. The summed E-state index contributed by atoms with van der Waals surface area (Å²) in [6.07, 6.45) is 0. The topological polar surface area (TPSA) is 32.5 Å². The maximum absolute atomic E-state index is 14.0. The van der Waals surface area contributed by atoms with Gasteiger partial charge in [-0.3, -0.25) is 4.90 Å². The second kappa shape index (κ2) is 6.66. The molecule has 19 heavy (non-hydrogen) atoms. The van der Waals surface area contributed by atoms with E-state index in [1.807, 2.05) is 0 Å². The highest BCUT2D eigenvalue weighted by Gasteiger charge is 2.27. The van der Waals surface area contributed by atoms with Gasteiger partial charge in [0, 0.05) is 43.3 Å². The minimum absolute atomic E-state index is 0.132. The zero-order valence-corrected chi connectivity index (χ0v) is 12.0. The quantitative estimate of drug-likeness (QED) is 0.920. The SMILES string of the molecule is CCN1CCN(C(CN)c2c(F)cccc2Cl)CC1. The standard InChI is InChI=1S/C14H21ClFN3/c1-2-18-6-8-19(9-7-18)13(10-17)14-11(15)4-3-5-12(14)16/h3-5,13H,2,6-10,17H2,1H3. The van der Waals surface area contributed by atoms with E-state index in [1.54, 1.807) is 12.1 Å². The lowest BCUT2D eigenvalue weighted by Crippen LogP contribution is -2.49. The van der Waals surface area contributed by atoms with Gasteiger partial charge in [-0.05, 0) is 18.7 Å². The first-order valence-electron chi connectivity index (χ1n) is 6.77. The van der Waals surface area contributed by atoms with Gasteiger partial charge in [-0.25, -0.2) is 4.39 Å². The second-order valence-electron chi connectivity index (χ2n) is 4.86. The van der Waals surface area contributed by atoms with Gasteiger partial charge < -0.3 is 10.6 Å². The Morgan fingerprint density at radius 3 is 2.53 bits per heavy atom. The molecule has 0 aliphatic carbocycles. The summed E-state index contributed by atoms with van der Waals surface area (Å²) in [6, 6.07) is 4.67. The highest BCUT2D eigenvalue weighted by atomic mass is 35.5. The Labute approximate surface area is 119 Å². The molecular weight excluding hydrogens is 265 g/mol. The second-order valence-corrected chi connectivity index (χ2v) is 5.26. The van der Waals surface area contributed by atoms with Crippen LogP contribution in [0.3, 0.4) is 0 Å². The minimum atomic E-state index is -0.263. The summed E-state index contributed by atoms with van der Waals surface area (Å²) in [5.41, 5.74) is 6.40. The van der Waals surface area contributed by atoms with Gasteiger partial charge in [0.2, 0.25) is 0 Å². The predicted molar refractivity (Wildman–Crippen MR) is 76.9 cm³/mol. The molecule has 1 aliphatic heterocycles. The van der Waals surface area contributed by atoms with Gasteiger partial charge in [-0.1, -0.05) is 24.6 Å². The van der Waals surface area contributed by atoms with Crippen molar-refractivity contribution in [3.05, 3.63) is 34.6 Å².